The number of nitrogens with one attached hydrogen (secondary N) is 2. The lowest BCUT2D eigenvalue weighted by Gasteiger charge is -2.14. The van der Waals surface area contributed by atoms with Crippen molar-refractivity contribution in [3.63, 3.8) is 0 Å². The summed E-state index contributed by atoms with van der Waals surface area (Å²) in [6.45, 7) is 1.86. The number of benzene rings is 1. The van der Waals surface area contributed by atoms with E-state index in [4.69, 9.17) is 27.9 Å². The van der Waals surface area contributed by atoms with Gasteiger partial charge in [0.15, 0.2) is 0 Å². The van der Waals surface area contributed by atoms with Gasteiger partial charge in [0.2, 0.25) is 0 Å². The van der Waals surface area contributed by atoms with Gasteiger partial charge in [0.25, 0.3) is 5.91 Å². The number of ether oxygens (including phenoxy) is 1. The molecule has 0 aliphatic heterocycles. The summed E-state index contributed by atoms with van der Waals surface area (Å²) in [5.41, 5.74) is 1.32. The number of hydrogen-bond donors (Lipinski definition) is 3. The number of aromatic amines is 1. The molecule has 0 bridgehead atoms. The summed E-state index contributed by atoms with van der Waals surface area (Å²) >= 11 is 11.8. The molecule has 0 spiro atoms. The largest absolute Gasteiger partial charge is 0.489 e. The van der Waals surface area contributed by atoms with Crippen LogP contribution in [0.3, 0.4) is 0 Å². The summed E-state index contributed by atoms with van der Waals surface area (Å²) < 4.78 is 5.40. The number of aliphatic hydroxyl groups is 1. The summed E-state index contributed by atoms with van der Waals surface area (Å²) in [6.07, 6.45) is 0.823. The lowest BCUT2D eigenvalue weighted by molar-refractivity contribution is 0.0843. The molecule has 2 rings (SSSR count). The molecule has 0 fully saturated rings. The molecule has 1 aromatic heterocycles. The molecule has 0 aliphatic rings. The summed E-state index contributed by atoms with van der Waals surface area (Å²) in [5, 5.41) is 13.2. The Kier molecular flexibility index (Phi) is 5.71. The third-order valence-electron chi connectivity index (χ3n) is 3.04. The van der Waals surface area contributed by atoms with Crippen LogP contribution in [0.15, 0.2) is 30.5 Å². The lowest BCUT2D eigenvalue weighted by Crippen LogP contribution is -2.35. The quantitative estimate of drug-likeness (QED) is 0.755. The van der Waals surface area contributed by atoms with Crippen molar-refractivity contribution in [1.29, 1.82) is 0 Å². The highest BCUT2D eigenvalue weighted by Crippen LogP contribution is 2.31. The standard InChI is InChI=1S/C15H16Cl2N2O3/c1-9-11(5-6-18-9)15(21)19-7-10(20)8-22-13-4-2-3-12(16)14(13)17/h2-6,10,18,20H,7-8H2,1H3,(H,19,21). The van der Waals surface area contributed by atoms with Crippen LogP contribution in [0.4, 0.5) is 0 Å². The molecule has 1 aromatic carbocycles. The molecule has 0 radical (unpaired) electrons. The predicted molar refractivity (Wildman–Crippen MR) is 85.8 cm³/mol. The second-order valence-corrected chi connectivity index (χ2v) is 5.53. The zero-order valence-electron chi connectivity index (χ0n) is 11.9. The van der Waals surface area contributed by atoms with Gasteiger partial charge in [-0.3, -0.25) is 4.79 Å². The van der Waals surface area contributed by atoms with E-state index in [2.05, 4.69) is 10.3 Å². The van der Waals surface area contributed by atoms with Crippen molar-refractivity contribution in [1.82, 2.24) is 10.3 Å². The molecule has 0 saturated heterocycles. The lowest BCUT2D eigenvalue weighted by atomic mass is 10.2. The fraction of sp³-hybridized carbons (Fsp3) is 0.267. The second-order valence-electron chi connectivity index (χ2n) is 4.74. The Balaban J connectivity index is 1.81. The Morgan fingerprint density at radius 2 is 2.18 bits per heavy atom. The van der Waals surface area contributed by atoms with Gasteiger partial charge in [-0.1, -0.05) is 29.3 Å². The molecule has 7 heteroatoms. The van der Waals surface area contributed by atoms with Crippen LogP contribution in [0.2, 0.25) is 10.0 Å². The first-order chi connectivity index (χ1) is 10.5. The number of aliphatic hydroxyl groups excluding tert-OH is 1. The number of amides is 1. The molecule has 22 heavy (non-hydrogen) atoms. The number of carbonyl (C=O) groups excluding carboxylic acids is 1. The molecule has 0 saturated carbocycles. The summed E-state index contributed by atoms with van der Waals surface area (Å²) in [5.74, 6) is 0.139. The molecular weight excluding hydrogens is 327 g/mol. The van der Waals surface area contributed by atoms with E-state index in [9.17, 15) is 9.90 Å². The third-order valence-corrected chi connectivity index (χ3v) is 3.85. The van der Waals surface area contributed by atoms with Gasteiger partial charge < -0.3 is 20.1 Å². The minimum atomic E-state index is -0.863. The van der Waals surface area contributed by atoms with Gasteiger partial charge in [0.1, 0.15) is 23.5 Å². The maximum Gasteiger partial charge on any atom is 0.253 e. The van der Waals surface area contributed by atoms with Crippen molar-refractivity contribution < 1.29 is 14.6 Å². The predicted octanol–water partition coefficient (Wildman–Crippen LogP) is 2.80. The second kappa shape index (κ2) is 7.54. The fourth-order valence-corrected chi connectivity index (χ4v) is 2.19. The van der Waals surface area contributed by atoms with E-state index < -0.39 is 6.10 Å². The van der Waals surface area contributed by atoms with Crippen molar-refractivity contribution >= 4 is 29.1 Å². The minimum Gasteiger partial charge on any atom is -0.489 e. The van der Waals surface area contributed by atoms with Gasteiger partial charge in [-0.25, -0.2) is 0 Å². The average molecular weight is 343 g/mol. The van der Waals surface area contributed by atoms with E-state index in [1.807, 2.05) is 0 Å². The molecule has 1 heterocycles. The monoisotopic (exact) mass is 342 g/mol. The van der Waals surface area contributed by atoms with Crippen LogP contribution in [-0.4, -0.2) is 35.3 Å². The van der Waals surface area contributed by atoms with E-state index in [1.54, 1.807) is 37.4 Å². The highest BCUT2D eigenvalue weighted by Gasteiger charge is 2.13. The van der Waals surface area contributed by atoms with Crippen LogP contribution < -0.4 is 10.1 Å². The summed E-state index contributed by atoms with van der Waals surface area (Å²) in [6, 6.07) is 6.68. The Hall–Kier alpha value is -1.69. The SMILES string of the molecule is Cc1[nH]ccc1C(=O)NCC(O)COc1cccc(Cl)c1Cl. The molecule has 1 amide bonds. The van der Waals surface area contributed by atoms with Gasteiger partial charge in [-0.05, 0) is 25.1 Å². The number of halogens is 2. The number of carbonyl (C=O) groups is 1. The van der Waals surface area contributed by atoms with Gasteiger partial charge in [0, 0.05) is 18.4 Å². The highest BCUT2D eigenvalue weighted by molar-refractivity contribution is 6.42. The van der Waals surface area contributed by atoms with Crippen molar-refractivity contribution in [2.24, 2.45) is 0 Å². The van der Waals surface area contributed by atoms with Crippen molar-refractivity contribution in [3.8, 4) is 5.75 Å². The highest BCUT2D eigenvalue weighted by atomic mass is 35.5. The van der Waals surface area contributed by atoms with E-state index in [0.29, 0.717) is 21.4 Å². The minimum absolute atomic E-state index is 0.00748. The Bertz CT molecular complexity index is 658. The van der Waals surface area contributed by atoms with E-state index in [0.717, 1.165) is 5.69 Å². The molecular formula is C15H16Cl2N2O3. The number of aryl methyl sites for hydroxylation is 1. The first-order valence-electron chi connectivity index (χ1n) is 6.66. The van der Waals surface area contributed by atoms with Crippen LogP contribution in [0, 0.1) is 6.92 Å². The van der Waals surface area contributed by atoms with E-state index >= 15 is 0 Å². The van der Waals surface area contributed by atoms with Crippen LogP contribution in [-0.2, 0) is 0 Å². The maximum absolute atomic E-state index is 11.9. The first-order valence-corrected chi connectivity index (χ1v) is 7.41. The van der Waals surface area contributed by atoms with Crippen molar-refractivity contribution in [2.75, 3.05) is 13.2 Å². The topological polar surface area (TPSA) is 74.4 Å². The molecule has 5 nitrogen and oxygen atoms in total. The summed E-state index contributed by atoms with van der Waals surface area (Å²) in [4.78, 5) is 14.8. The summed E-state index contributed by atoms with van der Waals surface area (Å²) in [7, 11) is 0. The van der Waals surface area contributed by atoms with Gasteiger partial charge in [-0.2, -0.15) is 0 Å². The Morgan fingerprint density at radius 3 is 2.86 bits per heavy atom. The van der Waals surface area contributed by atoms with Crippen LogP contribution in [0.25, 0.3) is 0 Å². The molecule has 1 atom stereocenters. The fourth-order valence-electron chi connectivity index (χ4n) is 1.84. The average Bonchev–Trinajstić information content (AvgIpc) is 2.92. The van der Waals surface area contributed by atoms with Crippen LogP contribution >= 0.6 is 23.2 Å². The Morgan fingerprint density at radius 1 is 1.41 bits per heavy atom. The number of aromatic nitrogens is 1. The van der Waals surface area contributed by atoms with Crippen LogP contribution in [0.1, 0.15) is 16.1 Å². The molecule has 2 aromatic rings. The maximum atomic E-state index is 11.9. The zero-order valence-corrected chi connectivity index (χ0v) is 13.4. The van der Waals surface area contributed by atoms with Gasteiger partial charge >= 0.3 is 0 Å². The zero-order chi connectivity index (χ0) is 16.1. The number of hydrogen-bond acceptors (Lipinski definition) is 3. The Labute approximate surface area is 138 Å². The molecule has 0 aliphatic carbocycles. The third kappa shape index (κ3) is 4.16. The molecule has 1 unspecified atom stereocenters. The van der Waals surface area contributed by atoms with Crippen LogP contribution in [0.5, 0.6) is 5.75 Å². The van der Waals surface area contributed by atoms with Crippen molar-refractivity contribution in [2.45, 2.75) is 13.0 Å². The van der Waals surface area contributed by atoms with E-state index in [1.165, 1.54) is 0 Å². The van der Waals surface area contributed by atoms with Crippen molar-refractivity contribution in [3.05, 3.63) is 51.8 Å². The number of H-pyrrole nitrogens is 1. The molecule has 3 N–H and O–H groups in total. The van der Waals surface area contributed by atoms with Gasteiger partial charge in [0.05, 0.1) is 10.6 Å². The van der Waals surface area contributed by atoms with Gasteiger partial charge in [-0.15, -0.1) is 0 Å². The smallest absolute Gasteiger partial charge is 0.253 e. The van der Waals surface area contributed by atoms with E-state index in [-0.39, 0.29) is 19.1 Å². The normalized spacial score (nSPS) is 12.0. The first kappa shape index (κ1) is 16.7. The molecule has 118 valence electrons. The number of rotatable bonds is 6.